The minimum atomic E-state index is -0.120. The van der Waals surface area contributed by atoms with E-state index in [1.54, 1.807) is 7.11 Å². The molecule has 0 spiro atoms. The molecule has 0 radical (unpaired) electrons. The van der Waals surface area contributed by atoms with Crippen molar-refractivity contribution in [2.24, 2.45) is 11.7 Å². The quantitative estimate of drug-likeness (QED) is 0.798. The molecule has 94 valence electrons. The Kier molecular flexibility index (Phi) is 4.70. The van der Waals surface area contributed by atoms with E-state index in [1.807, 2.05) is 32.9 Å². The predicted molar refractivity (Wildman–Crippen MR) is 69.6 cm³/mol. The molecule has 1 rings (SSSR count). The van der Waals surface area contributed by atoms with Gasteiger partial charge in [-0.3, -0.25) is 4.79 Å². The van der Waals surface area contributed by atoms with Crippen molar-refractivity contribution in [2.45, 2.75) is 27.2 Å². The van der Waals surface area contributed by atoms with Gasteiger partial charge < -0.3 is 10.5 Å². The molecule has 0 bridgehead atoms. The number of nitrogens with two attached hydrogens (primary N) is 1. The maximum atomic E-state index is 12.3. The molecule has 1 unspecified atom stereocenters. The largest absolute Gasteiger partial charge is 0.496 e. The molecule has 0 amide bonds. The molecule has 0 heterocycles. The van der Waals surface area contributed by atoms with Gasteiger partial charge in [-0.25, -0.2) is 0 Å². The van der Waals surface area contributed by atoms with Gasteiger partial charge >= 0.3 is 0 Å². The van der Waals surface area contributed by atoms with Crippen LogP contribution in [0.3, 0.4) is 0 Å². The lowest BCUT2D eigenvalue weighted by Crippen LogP contribution is -2.23. The molecule has 0 saturated carbocycles. The molecule has 1 aromatic rings. The molecule has 0 aliphatic rings. The number of ether oxygens (including phenoxy) is 1. The normalized spacial score (nSPS) is 12.3. The number of hydrogen-bond donors (Lipinski definition) is 1. The summed E-state index contributed by atoms with van der Waals surface area (Å²) in [6, 6.07) is 3.89. The molecule has 0 aromatic heterocycles. The fourth-order valence-corrected chi connectivity index (χ4v) is 2.09. The van der Waals surface area contributed by atoms with E-state index in [2.05, 4.69) is 0 Å². The van der Waals surface area contributed by atoms with Gasteiger partial charge in [-0.05, 0) is 37.5 Å². The van der Waals surface area contributed by atoms with Gasteiger partial charge in [0.15, 0.2) is 5.78 Å². The molecule has 3 nitrogen and oxygen atoms in total. The molecule has 3 heteroatoms. The molecule has 0 saturated heterocycles. The lowest BCUT2D eigenvalue weighted by atomic mass is 9.92. The summed E-state index contributed by atoms with van der Waals surface area (Å²) in [7, 11) is 1.60. The SMILES string of the molecule is CCC(CN)C(=O)c1cc(C)cc(C)c1OC. The Hall–Kier alpha value is -1.35. The van der Waals surface area contributed by atoms with Crippen LogP contribution < -0.4 is 10.5 Å². The second kappa shape index (κ2) is 5.82. The first-order chi connectivity index (χ1) is 8.04. The van der Waals surface area contributed by atoms with Gasteiger partial charge in [0.1, 0.15) is 5.75 Å². The molecule has 1 aromatic carbocycles. The summed E-state index contributed by atoms with van der Waals surface area (Å²) >= 11 is 0. The third kappa shape index (κ3) is 2.86. The van der Waals surface area contributed by atoms with Crippen LogP contribution in [0.5, 0.6) is 5.75 Å². The van der Waals surface area contributed by atoms with Crippen LogP contribution in [0.1, 0.15) is 34.8 Å². The summed E-state index contributed by atoms with van der Waals surface area (Å²) in [6.07, 6.45) is 0.755. The average Bonchev–Trinajstić information content (AvgIpc) is 2.29. The van der Waals surface area contributed by atoms with Crippen LogP contribution >= 0.6 is 0 Å². The fraction of sp³-hybridized carbons (Fsp3) is 0.500. The zero-order valence-electron chi connectivity index (χ0n) is 11.0. The number of carbonyl (C=O) groups is 1. The first-order valence-corrected chi connectivity index (χ1v) is 5.94. The third-order valence-corrected chi connectivity index (χ3v) is 3.04. The highest BCUT2D eigenvalue weighted by molar-refractivity contribution is 6.01. The average molecular weight is 235 g/mol. The van der Waals surface area contributed by atoms with Crippen molar-refractivity contribution in [3.8, 4) is 5.75 Å². The molecule has 1 atom stereocenters. The summed E-state index contributed by atoms with van der Waals surface area (Å²) in [4.78, 5) is 12.3. The van der Waals surface area contributed by atoms with E-state index < -0.39 is 0 Å². The number of rotatable bonds is 5. The number of aryl methyl sites for hydroxylation is 2. The smallest absolute Gasteiger partial charge is 0.170 e. The molecular formula is C14H21NO2. The van der Waals surface area contributed by atoms with Gasteiger partial charge in [-0.2, -0.15) is 0 Å². The van der Waals surface area contributed by atoms with Gasteiger partial charge in [0.05, 0.1) is 12.7 Å². The van der Waals surface area contributed by atoms with Crippen molar-refractivity contribution in [3.05, 3.63) is 28.8 Å². The van der Waals surface area contributed by atoms with E-state index >= 15 is 0 Å². The summed E-state index contributed by atoms with van der Waals surface area (Å²) < 4.78 is 5.33. The summed E-state index contributed by atoms with van der Waals surface area (Å²) in [5.74, 6) is 0.635. The molecular weight excluding hydrogens is 214 g/mol. The van der Waals surface area contributed by atoms with Gasteiger partial charge in [0, 0.05) is 12.5 Å². The van der Waals surface area contributed by atoms with Crippen LogP contribution in [-0.2, 0) is 0 Å². The minimum Gasteiger partial charge on any atom is -0.496 e. The molecule has 2 N–H and O–H groups in total. The Bertz CT molecular complexity index is 409. The maximum absolute atomic E-state index is 12.3. The van der Waals surface area contributed by atoms with Crippen LogP contribution in [0.4, 0.5) is 0 Å². The lowest BCUT2D eigenvalue weighted by Gasteiger charge is -2.16. The summed E-state index contributed by atoms with van der Waals surface area (Å²) in [6.45, 7) is 6.29. The zero-order chi connectivity index (χ0) is 13.0. The van der Waals surface area contributed by atoms with Crippen molar-refractivity contribution >= 4 is 5.78 Å². The molecule has 0 aliphatic carbocycles. The first kappa shape index (κ1) is 13.7. The van der Waals surface area contributed by atoms with Crippen molar-refractivity contribution in [1.29, 1.82) is 0 Å². The summed E-state index contributed by atoms with van der Waals surface area (Å²) in [5, 5.41) is 0. The van der Waals surface area contributed by atoms with Crippen molar-refractivity contribution in [2.75, 3.05) is 13.7 Å². The van der Waals surface area contributed by atoms with Gasteiger partial charge in [0.25, 0.3) is 0 Å². The summed E-state index contributed by atoms with van der Waals surface area (Å²) in [5.41, 5.74) is 8.34. The second-order valence-corrected chi connectivity index (χ2v) is 4.37. The number of hydrogen-bond acceptors (Lipinski definition) is 3. The van der Waals surface area contributed by atoms with E-state index in [0.717, 1.165) is 17.5 Å². The Labute approximate surface area is 103 Å². The standard InChI is InChI=1S/C14H21NO2/c1-5-11(8-15)13(16)12-7-9(2)6-10(3)14(12)17-4/h6-7,11H,5,8,15H2,1-4H3. The second-order valence-electron chi connectivity index (χ2n) is 4.37. The fourth-order valence-electron chi connectivity index (χ4n) is 2.09. The monoisotopic (exact) mass is 235 g/mol. The van der Waals surface area contributed by atoms with E-state index in [0.29, 0.717) is 17.9 Å². The zero-order valence-corrected chi connectivity index (χ0v) is 11.0. The Balaban J connectivity index is 3.24. The van der Waals surface area contributed by atoms with Crippen LogP contribution in [0.25, 0.3) is 0 Å². The highest BCUT2D eigenvalue weighted by Gasteiger charge is 2.21. The molecule has 0 aliphatic heterocycles. The van der Waals surface area contributed by atoms with Crippen LogP contribution in [0.15, 0.2) is 12.1 Å². The van der Waals surface area contributed by atoms with Crippen molar-refractivity contribution in [3.63, 3.8) is 0 Å². The highest BCUT2D eigenvalue weighted by atomic mass is 16.5. The predicted octanol–water partition coefficient (Wildman–Crippen LogP) is 2.48. The number of benzene rings is 1. The Morgan fingerprint density at radius 3 is 2.53 bits per heavy atom. The Morgan fingerprint density at radius 1 is 1.41 bits per heavy atom. The van der Waals surface area contributed by atoms with Crippen LogP contribution in [0.2, 0.25) is 0 Å². The Morgan fingerprint density at radius 2 is 2.06 bits per heavy atom. The van der Waals surface area contributed by atoms with Crippen molar-refractivity contribution < 1.29 is 9.53 Å². The molecule has 0 fully saturated rings. The van der Waals surface area contributed by atoms with Gasteiger partial charge in [-0.1, -0.05) is 13.0 Å². The lowest BCUT2D eigenvalue weighted by molar-refractivity contribution is 0.0918. The first-order valence-electron chi connectivity index (χ1n) is 5.94. The number of ketones is 1. The number of carbonyl (C=O) groups excluding carboxylic acids is 1. The van der Waals surface area contributed by atoms with Gasteiger partial charge in [0.2, 0.25) is 0 Å². The van der Waals surface area contributed by atoms with Crippen LogP contribution in [0, 0.1) is 19.8 Å². The molecule has 17 heavy (non-hydrogen) atoms. The van der Waals surface area contributed by atoms with E-state index in [-0.39, 0.29) is 11.7 Å². The minimum absolute atomic E-state index is 0.0821. The van der Waals surface area contributed by atoms with Gasteiger partial charge in [-0.15, -0.1) is 0 Å². The number of methoxy groups -OCH3 is 1. The maximum Gasteiger partial charge on any atom is 0.170 e. The highest BCUT2D eigenvalue weighted by Crippen LogP contribution is 2.27. The van der Waals surface area contributed by atoms with E-state index in [4.69, 9.17) is 10.5 Å². The topological polar surface area (TPSA) is 52.3 Å². The number of Topliss-reactive ketones (excluding diaryl/α,β-unsaturated/α-hetero) is 1. The van der Waals surface area contributed by atoms with Crippen molar-refractivity contribution in [1.82, 2.24) is 0 Å². The van der Waals surface area contributed by atoms with E-state index in [9.17, 15) is 4.79 Å². The van der Waals surface area contributed by atoms with E-state index in [1.165, 1.54) is 0 Å². The third-order valence-electron chi connectivity index (χ3n) is 3.04. The van der Waals surface area contributed by atoms with Crippen LogP contribution in [-0.4, -0.2) is 19.4 Å².